The number of nitrogens with zero attached hydrogens (tertiary/aromatic N) is 1. The van der Waals surface area contributed by atoms with Gasteiger partial charge in [0.05, 0.1) is 6.10 Å². The summed E-state index contributed by atoms with van der Waals surface area (Å²) in [6, 6.07) is 5.19. The first-order chi connectivity index (χ1) is 7.52. The maximum Gasteiger partial charge on any atom is 0.331 e. The van der Waals surface area contributed by atoms with E-state index in [4.69, 9.17) is 5.11 Å². The van der Waals surface area contributed by atoms with E-state index < -0.39 is 18.1 Å². The zero-order chi connectivity index (χ0) is 12.1. The second-order valence-electron chi connectivity index (χ2n) is 3.36. The number of rotatable bonds is 4. The van der Waals surface area contributed by atoms with Crippen molar-refractivity contribution in [2.75, 3.05) is 0 Å². The van der Waals surface area contributed by atoms with E-state index in [0.717, 1.165) is 0 Å². The van der Waals surface area contributed by atoms with Gasteiger partial charge >= 0.3 is 5.97 Å². The first-order valence-electron chi connectivity index (χ1n) is 4.74. The average Bonchev–Trinajstić information content (AvgIpc) is 2.20. The van der Waals surface area contributed by atoms with Crippen molar-refractivity contribution in [1.82, 2.24) is 0 Å². The lowest BCUT2D eigenvalue weighted by Gasteiger charge is -2.09. The van der Waals surface area contributed by atoms with Crippen LogP contribution in [0.25, 0.3) is 0 Å². The van der Waals surface area contributed by atoms with E-state index in [1.165, 1.54) is 19.2 Å². The van der Waals surface area contributed by atoms with Gasteiger partial charge in [0.2, 0.25) is 0 Å². The van der Waals surface area contributed by atoms with E-state index in [9.17, 15) is 15.0 Å². The predicted molar refractivity (Wildman–Crippen MR) is 58.8 cm³/mol. The van der Waals surface area contributed by atoms with Crippen LogP contribution in [-0.2, 0) is 4.79 Å². The molecule has 5 nitrogen and oxygen atoms in total. The summed E-state index contributed by atoms with van der Waals surface area (Å²) in [7, 11) is 0. The molecule has 1 rings (SSSR count). The second kappa shape index (κ2) is 5.27. The number of aromatic hydroxyl groups is 1. The summed E-state index contributed by atoms with van der Waals surface area (Å²) in [5.74, 6) is -1.19. The Hall–Kier alpha value is -1.88. The normalized spacial score (nSPS) is 14.9. The lowest BCUT2D eigenvalue weighted by Crippen LogP contribution is -2.29. The van der Waals surface area contributed by atoms with Crippen LogP contribution in [0.1, 0.15) is 12.5 Å². The van der Waals surface area contributed by atoms with Crippen LogP contribution in [0.4, 0.5) is 0 Å². The zero-order valence-corrected chi connectivity index (χ0v) is 8.74. The van der Waals surface area contributed by atoms with E-state index >= 15 is 0 Å². The van der Waals surface area contributed by atoms with Crippen LogP contribution >= 0.6 is 0 Å². The molecule has 1 aromatic carbocycles. The Bertz CT molecular complexity index is 401. The number of phenols is 1. The molecular weight excluding hydrogens is 210 g/mol. The van der Waals surface area contributed by atoms with E-state index in [1.54, 1.807) is 18.2 Å². The van der Waals surface area contributed by atoms with Crippen molar-refractivity contribution >= 4 is 12.2 Å². The van der Waals surface area contributed by atoms with Crippen molar-refractivity contribution in [3.8, 4) is 5.75 Å². The number of para-hydroxylation sites is 1. The molecule has 0 aromatic heterocycles. The third kappa shape index (κ3) is 3.06. The van der Waals surface area contributed by atoms with E-state index in [1.807, 2.05) is 0 Å². The van der Waals surface area contributed by atoms with Gasteiger partial charge in [0, 0.05) is 11.8 Å². The van der Waals surface area contributed by atoms with E-state index in [0.29, 0.717) is 5.56 Å². The molecule has 0 saturated carbocycles. The molecule has 0 aliphatic heterocycles. The summed E-state index contributed by atoms with van der Waals surface area (Å²) in [5, 5.41) is 27.3. The molecule has 0 radical (unpaired) electrons. The van der Waals surface area contributed by atoms with Crippen LogP contribution in [0.2, 0.25) is 0 Å². The summed E-state index contributed by atoms with van der Waals surface area (Å²) in [6.45, 7) is 1.35. The highest BCUT2D eigenvalue weighted by Crippen LogP contribution is 2.13. The Morgan fingerprint density at radius 2 is 2.06 bits per heavy atom. The van der Waals surface area contributed by atoms with Gasteiger partial charge in [0.1, 0.15) is 5.75 Å². The molecule has 0 amide bonds. The van der Waals surface area contributed by atoms with Crippen molar-refractivity contribution < 1.29 is 20.1 Å². The van der Waals surface area contributed by atoms with Crippen LogP contribution in [-0.4, -0.2) is 39.6 Å². The summed E-state index contributed by atoms with van der Waals surface area (Å²) >= 11 is 0. The highest BCUT2D eigenvalue weighted by atomic mass is 16.4. The molecule has 0 fully saturated rings. The number of carboxylic acid groups (broad SMARTS) is 1. The maximum atomic E-state index is 10.7. The standard InChI is InChI=1S/C11H13NO4/c1-7(13)10(11(15)16)12-6-8-4-2-3-5-9(8)14/h2-7,10,13-14H,1H3,(H,15,16). The highest BCUT2D eigenvalue weighted by Gasteiger charge is 2.21. The van der Waals surface area contributed by atoms with Gasteiger partial charge in [-0.25, -0.2) is 4.79 Å². The number of aliphatic hydroxyl groups is 1. The van der Waals surface area contributed by atoms with Crippen molar-refractivity contribution in [2.45, 2.75) is 19.1 Å². The minimum atomic E-state index is -1.22. The lowest BCUT2D eigenvalue weighted by atomic mass is 10.2. The predicted octanol–water partition coefficient (Wildman–Crippen LogP) is 0.645. The Balaban J connectivity index is 2.87. The fourth-order valence-corrected chi connectivity index (χ4v) is 1.15. The molecule has 1 aromatic rings. The van der Waals surface area contributed by atoms with Crippen molar-refractivity contribution in [3.05, 3.63) is 29.8 Å². The number of aliphatic imine (C=N–C) groups is 1. The van der Waals surface area contributed by atoms with Crippen molar-refractivity contribution in [1.29, 1.82) is 0 Å². The molecule has 86 valence electrons. The van der Waals surface area contributed by atoms with Crippen molar-refractivity contribution in [2.24, 2.45) is 4.99 Å². The number of aliphatic hydroxyl groups excluding tert-OH is 1. The molecule has 2 unspecified atom stereocenters. The Kier molecular flexibility index (Phi) is 4.02. The zero-order valence-electron chi connectivity index (χ0n) is 8.74. The molecule has 3 N–H and O–H groups in total. The van der Waals surface area contributed by atoms with Gasteiger partial charge in [-0.1, -0.05) is 12.1 Å². The molecule has 2 atom stereocenters. The largest absolute Gasteiger partial charge is 0.507 e. The van der Waals surface area contributed by atoms with Gasteiger partial charge in [0.15, 0.2) is 6.04 Å². The maximum absolute atomic E-state index is 10.7. The first kappa shape index (κ1) is 12.2. The molecule has 0 spiro atoms. The number of carbonyl (C=O) groups is 1. The summed E-state index contributed by atoms with van der Waals surface area (Å²) in [5.41, 5.74) is 0.411. The fraction of sp³-hybridized carbons (Fsp3) is 0.273. The molecular formula is C11H13NO4. The van der Waals surface area contributed by atoms with Crippen LogP contribution in [0.3, 0.4) is 0 Å². The van der Waals surface area contributed by atoms with Crippen LogP contribution in [0, 0.1) is 0 Å². The molecule has 5 heteroatoms. The fourth-order valence-electron chi connectivity index (χ4n) is 1.15. The number of carboxylic acids is 1. The Labute approximate surface area is 92.7 Å². The number of benzene rings is 1. The lowest BCUT2D eigenvalue weighted by molar-refractivity contribution is -0.140. The summed E-state index contributed by atoms with van der Waals surface area (Å²) in [4.78, 5) is 14.4. The number of aliphatic carboxylic acids is 1. The summed E-state index contributed by atoms with van der Waals surface area (Å²) < 4.78 is 0. The topological polar surface area (TPSA) is 90.1 Å². The van der Waals surface area contributed by atoms with Crippen LogP contribution in [0.5, 0.6) is 5.75 Å². The van der Waals surface area contributed by atoms with E-state index in [-0.39, 0.29) is 5.75 Å². The van der Waals surface area contributed by atoms with Gasteiger partial charge in [-0.05, 0) is 19.1 Å². The molecule has 0 heterocycles. The van der Waals surface area contributed by atoms with E-state index in [2.05, 4.69) is 4.99 Å². The van der Waals surface area contributed by atoms with Gasteiger partial charge in [-0.2, -0.15) is 0 Å². The van der Waals surface area contributed by atoms with Gasteiger partial charge in [-0.15, -0.1) is 0 Å². The van der Waals surface area contributed by atoms with Crippen molar-refractivity contribution in [3.63, 3.8) is 0 Å². The van der Waals surface area contributed by atoms with Gasteiger partial charge in [0.25, 0.3) is 0 Å². The molecule has 0 aliphatic carbocycles. The smallest absolute Gasteiger partial charge is 0.331 e. The Morgan fingerprint density at radius 3 is 2.56 bits per heavy atom. The van der Waals surface area contributed by atoms with Crippen LogP contribution < -0.4 is 0 Å². The third-order valence-electron chi connectivity index (χ3n) is 2.02. The van der Waals surface area contributed by atoms with Gasteiger partial charge < -0.3 is 15.3 Å². The van der Waals surface area contributed by atoms with Gasteiger partial charge in [-0.3, -0.25) is 4.99 Å². The molecule has 0 saturated heterocycles. The number of hydrogen-bond donors (Lipinski definition) is 3. The summed E-state index contributed by atoms with van der Waals surface area (Å²) in [6.07, 6.45) is 0.153. The minimum absolute atomic E-state index is 0.0148. The highest BCUT2D eigenvalue weighted by molar-refractivity contribution is 5.86. The average molecular weight is 223 g/mol. The quantitative estimate of drug-likeness (QED) is 0.653. The third-order valence-corrected chi connectivity index (χ3v) is 2.02. The number of phenolic OH excluding ortho intramolecular Hbond substituents is 1. The number of hydrogen-bond acceptors (Lipinski definition) is 4. The monoisotopic (exact) mass is 223 g/mol. The minimum Gasteiger partial charge on any atom is -0.507 e. The Morgan fingerprint density at radius 1 is 1.44 bits per heavy atom. The molecule has 0 bridgehead atoms. The SMILES string of the molecule is CC(O)C(N=Cc1ccccc1O)C(=O)O. The molecule has 0 aliphatic rings. The first-order valence-corrected chi connectivity index (χ1v) is 4.74. The molecule has 16 heavy (non-hydrogen) atoms. The van der Waals surface area contributed by atoms with Crippen LogP contribution in [0.15, 0.2) is 29.3 Å². The second-order valence-corrected chi connectivity index (χ2v) is 3.36.